The minimum absolute atomic E-state index is 0.259. The predicted molar refractivity (Wildman–Crippen MR) is 69.7 cm³/mol. The van der Waals surface area contributed by atoms with Crippen LogP contribution in [0.2, 0.25) is 0 Å². The number of aromatic nitrogens is 2. The smallest absolute Gasteiger partial charge is 0.159 e. The molecule has 1 heterocycles. The molecule has 4 heteroatoms. The molecule has 94 valence electrons. The van der Waals surface area contributed by atoms with Crippen molar-refractivity contribution in [2.75, 3.05) is 7.05 Å². The first-order valence-corrected chi connectivity index (χ1v) is 5.85. The van der Waals surface area contributed by atoms with Gasteiger partial charge in [0.1, 0.15) is 5.82 Å². The van der Waals surface area contributed by atoms with E-state index < -0.39 is 0 Å². The Labute approximate surface area is 106 Å². The van der Waals surface area contributed by atoms with Crippen LogP contribution in [0.15, 0.2) is 24.3 Å². The van der Waals surface area contributed by atoms with E-state index in [1.807, 2.05) is 33.0 Å². The quantitative estimate of drug-likeness (QED) is 0.903. The number of halogens is 1. The van der Waals surface area contributed by atoms with Crippen molar-refractivity contribution in [3.05, 3.63) is 47.0 Å². The summed E-state index contributed by atoms with van der Waals surface area (Å²) in [6.07, 6.45) is 0. The fraction of sp³-hybridized carbons (Fsp3) is 0.286. The summed E-state index contributed by atoms with van der Waals surface area (Å²) in [6.45, 7) is 4.44. The molecule has 0 aliphatic heterocycles. The van der Waals surface area contributed by atoms with Gasteiger partial charge in [-0.15, -0.1) is 0 Å². The topological polar surface area (TPSA) is 37.8 Å². The van der Waals surface area contributed by atoms with Gasteiger partial charge in [0.15, 0.2) is 5.82 Å². The second-order valence-electron chi connectivity index (χ2n) is 4.37. The normalized spacial score (nSPS) is 10.7. The molecule has 0 aliphatic carbocycles. The summed E-state index contributed by atoms with van der Waals surface area (Å²) in [6, 6.07) is 6.77. The molecular weight excluding hydrogens is 229 g/mol. The van der Waals surface area contributed by atoms with E-state index in [0.29, 0.717) is 17.9 Å². The predicted octanol–water partition coefficient (Wildman–Crippen LogP) is 2.62. The Hall–Kier alpha value is -1.81. The van der Waals surface area contributed by atoms with Crippen LogP contribution < -0.4 is 5.32 Å². The lowest BCUT2D eigenvalue weighted by Crippen LogP contribution is -2.08. The molecule has 3 nitrogen and oxygen atoms in total. The maximum atomic E-state index is 13.4. The van der Waals surface area contributed by atoms with Crippen molar-refractivity contribution in [1.82, 2.24) is 15.3 Å². The van der Waals surface area contributed by atoms with Crippen molar-refractivity contribution in [1.29, 1.82) is 0 Å². The van der Waals surface area contributed by atoms with E-state index >= 15 is 0 Å². The number of rotatable bonds is 3. The van der Waals surface area contributed by atoms with Gasteiger partial charge < -0.3 is 5.32 Å². The molecule has 1 aromatic carbocycles. The Morgan fingerprint density at radius 2 is 1.89 bits per heavy atom. The third kappa shape index (κ3) is 2.90. The summed E-state index contributed by atoms with van der Waals surface area (Å²) in [5.41, 5.74) is 3.37. The number of nitrogens with zero attached hydrogens (tertiary/aromatic N) is 2. The fourth-order valence-corrected chi connectivity index (χ4v) is 1.90. The van der Waals surface area contributed by atoms with E-state index in [1.165, 1.54) is 12.1 Å². The molecule has 1 N–H and O–H groups in total. The second-order valence-corrected chi connectivity index (χ2v) is 4.37. The Morgan fingerprint density at radius 3 is 2.56 bits per heavy atom. The van der Waals surface area contributed by atoms with Crippen molar-refractivity contribution < 1.29 is 4.39 Å². The van der Waals surface area contributed by atoms with Crippen LogP contribution in [0.25, 0.3) is 11.4 Å². The first-order valence-electron chi connectivity index (χ1n) is 5.85. The van der Waals surface area contributed by atoms with E-state index in [2.05, 4.69) is 15.3 Å². The van der Waals surface area contributed by atoms with E-state index in [-0.39, 0.29) is 5.82 Å². The highest BCUT2D eigenvalue weighted by Crippen LogP contribution is 2.19. The number of hydrogen-bond acceptors (Lipinski definition) is 3. The second kappa shape index (κ2) is 5.23. The number of hydrogen-bond donors (Lipinski definition) is 1. The van der Waals surface area contributed by atoms with Crippen molar-refractivity contribution in [3.63, 3.8) is 0 Å². The lowest BCUT2D eigenvalue weighted by atomic mass is 10.1. The standard InChI is InChI=1S/C14H16FN3/c1-9-4-11(7-12(15)5-9)14-17-10(2)6-13(18-14)8-16-3/h4-7,16H,8H2,1-3H3. The minimum atomic E-state index is -0.259. The molecule has 0 unspecified atom stereocenters. The summed E-state index contributed by atoms with van der Waals surface area (Å²) < 4.78 is 13.4. The van der Waals surface area contributed by atoms with Gasteiger partial charge in [0.05, 0.1) is 5.69 Å². The number of nitrogens with one attached hydrogen (secondary N) is 1. The third-order valence-corrected chi connectivity index (χ3v) is 2.57. The third-order valence-electron chi connectivity index (χ3n) is 2.57. The molecule has 18 heavy (non-hydrogen) atoms. The molecule has 0 saturated heterocycles. The first-order chi connectivity index (χ1) is 8.58. The summed E-state index contributed by atoms with van der Waals surface area (Å²) in [4.78, 5) is 8.80. The van der Waals surface area contributed by atoms with Gasteiger partial charge in [-0.05, 0) is 50.7 Å². The van der Waals surface area contributed by atoms with Gasteiger partial charge in [-0.1, -0.05) is 0 Å². The molecule has 0 atom stereocenters. The van der Waals surface area contributed by atoms with Gasteiger partial charge in [-0.3, -0.25) is 0 Å². The van der Waals surface area contributed by atoms with Gasteiger partial charge in [0, 0.05) is 17.8 Å². The Balaban J connectivity index is 2.49. The van der Waals surface area contributed by atoms with Crippen LogP contribution in [-0.2, 0) is 6.54 Å². The minimum Gasteiger partial charge on any atom is -0.314 e. The van der Waals surface area contributed by atoms with Crippen molar-refractivity contribution in [2.45, 2.75) is 20.4 Å². The molecule has 0 spiro atoms. The van der Waals surface area contributed by atoms with Gasteiger partial charge >= 0.3 is 0 Å². The largest absolute Gasteiger partial charge is 0.314 e. The number of aryl methyl sites for hydroxylation is 2. The Kier molecular flexibility index (Phi) is 3.67. The maximum Gasteiger partial charge on any atom is 0.159 e. The van der Waals surface area contributed by atoms with Crippen molar-refractivity contribution >= 4 is 0 Å². The Bertz CT molecular complexity index is 547. The monoisotopic (exact) mass is 245 g/mol. The van der Waals surface area contributed by atoms with Crippen LogP contribution in [0.3, 0.4) is 0 Å². The Morgan fingerprint density at radius 1 is 1.11 bits per heavy atom. The molecule has 2 aromatic rings. The fourth-order valence-electron chi connectivity index (χ4n) is 1.90. The highest BCUT2D eigenvalue weighted by Gasteiger charge is 2.07. The zero-order valence-electron chi connectivity index (χ0n) is 10.8. The average Bonchev–Trinajstić information content (AvgIpc) is 2.27. The maximum absolute atomic E-state index is 13.4. The van der Waals surface area contributed by atoms with Crippen molar-refractivity contribution in [3.8, 4) is 11.4 Å². The first kappa shape index (κ1) is 12.6. The van der Waals surface area contributed by atoms with E-state index in [4.69, 9.17) is 0 Å². The van der Waals surface area contributed by atoms with Crippen LogP contribution in [0.5, 0.6) is 0 Å². The van der Waals surface area contributed by atoms with E-state index in [0.717, 1.165) is 17.0 Å². The molecule has 0 fully saturated rings. The molecule has 0 saturated carbocycles. The molecule has 1 aromatic heterocycles. The molecule has 0 bridgehead atoms. The van der Waals surface area contributed by atoms with Gasteiger partial charge in [-0.25, -0.2) is 14.4 Å². The molecule has 0 amide bonds. The SMILES string of the molecule is CNCc1cc(C)nc(-c2cc(C)cc(F)c2)n1. The zero-order chi connectivity index (χ0) is 13.1. The van der Waals surface area contributed by atoms with E-state index in [9.17, 15) is 4.39 Å². The lowest BCUT2D eigenvalue weighted by Gasteiger charge is -2.07. The highest BCUT2D eigenvalue weighted by molar-refractivity contribution is 5.56. The van der Waals surface area contributed by atoms with Crippen LogP contribution in [0.4, 0.5) is 4.39 Å². The van der Waals surface area contributed by atoms with Gasteiger partial charge in [-0.2, -0.15) is 0 Å². The summed E-state index contributed by atoms with van der Waals surface area (Å²) in [5, 5.41) is 3.05. The van der Waals surface area contributed by atoms with Crippen LogP contribution in [0.1, 0.15) is 17.0 Å². The zero-order valence-corrected chi connectivity index (χ0v) is 10.8. The molecule has 0 radical (unpaired) electrons. The van der Waals surface area contributed by atoms with Crippen molar-refractivity contribution in [2.24, 2.45) is 0 Å². The average molecular weight is 245 g/mol. The van der Waals surface area contributed by atoms with E-state index in [1.54, 1.807) is 0 Å². The molecule has 0 aliphatic rings. The number of benzene rings is 1. The molecule has 2 rings (SSSR count). The summed E-state index contributed by atoms with van der Waals surface area (Å²) in [5.74, 6) is 0.313. The molecular formula is C14H16FN3. The summed E-state index contributed by atoms with van der Waals surface area (Å²) >= 11 is 0. The van der Waals surface area contributed by atoms with Gasteiger partial charge in [0.2, 0.25) is 0 Å². The highest BCUT2D eigenvalue weighted by atomic mass is 19.1. The van der Waals surface area contributed by atoms with Crippen LogP contribution >= 0.6 is 0 Å². The van der Waals surface area contributed by atoms with Crippen LogP contribution in [-0.4, -0.2) is 17.0 Å². The van der Waals surface area contributed by atoms with Crippen LogP contribution in [0, 0.1) is 19.7 Å². The van der Waals surface area contributed by atoms with Gasteiger partial charge in [0.25, 0.3) is 0 Å². The summed E-state index contributed by atoms with van der Waals surface area (Å²) in [7, 11) is 1.86. The lowest BCUT2D eigenvalue weighted by molar-refractivity contribution is 0.627.